The van der Waals surface area contributed by atoms with Crippen molar-refractivity contribution in [1.82, 2.24) is 0 Å². The Morgan fingerprint density at radius 2 is 2.00 bits per heavy atom. The van der Waals surface area contributed by atoms with Crippen LogP contribution >= 0.6 is 0 Å². The smallest absolute Gasteiger partial charge is 0.249 e. The van der Waals surface area contributed by atoms with E-state index in [4.69, 9.17) is 10.5 Å². The summed E-state index contributed by atoms with van der Waals surface area (Å²) in [5.41, 5.74) is 5.95. The van der Waals surface area contributed by atoms with Gasteiger partial charge in [-0.25, -0.2) is 8.42 Å². The number of sulfone groups is 1. The third kappa shape index (κ3) is 2.00. The van der Waals surface area contributed by atoms with Crippen LogP contribution in [-0.2, 0) is 26.6 Å². The van der Waals surface area contributed by atoms with Gasteiger partial charge in [-0.3, -0.25) is 4.79 Å². The Hall–Kier alpha value is -1.82. The summed E-state index contributed by atoms with van der Waals surface area (Å²) >= 11 is 0. The SMILES string of the molecule is C=C1OC(C)(C)c2cc(CC)c(C(N)=O)cc2S1(=O)=O. The molecule has 0 unspecified atom stereocenters. The average molecular weight is 295 g/mol. The van der Waals surface area contributed by atoms with Crippen molar-refractivity contribution in [2.75, 3.05) is 0 Å². The molecule has 0 fully saturated rings. The van der Waals surface area contributed by atoms with Gasteiger partial charge in [0.1, 0.15) is 5.60 Å². The van der Waals surface area contributed by atoms with Crippen LogP contribution in [0.4, 0.5) is 0 Å². The van der Waals surface area contributed by atoms with E-state index >= 15 is 0 Å². The monoisotopic (exact) mass is 295 g/mol. The van der Waals surface area contributed by atoms with E-state index in [0.717, 1.165) is 0 Å². The highest BCUT2D eigenvalue weighted by atomic mass is 32.2. The third-order valence-corrected chi connectivity index (χ3v) is 5.06. The minimum Gasteiger partial charge on any atom is -0.472 e. The number of fused-ring (bicyclic) bond motifs is 1. The fraction of sp³-hybridized carbons (Fsp3) is 0.357. The van der Waals surface area contributed by atoms with Crippen LogP contribution in [0.25, 0.3) is 0 Å². The molecule has 5 nitrogen and oxygen atoms in total. The van der Waals surface area contributed by atoms with Gasteiger partial charge in [-0.05, 0) is 44.5 Å². The highest BCUT2D eigenvalue weighted by molar-refractivity contribution is 7.95. The normalized spacial score (nSPS) is 19.1. The second-order valence-corrected chi connectivity index (χ2v) is 7.11. The van der Waals surface area contributed by atoms with Crippen LogP contribution in [-0.4, -0.2) is 14.3 Å². The first-order chi connectivity index (χ1) is 9.11. The van der Waals surface area contributed by atoms with E-state index < -0.39 is 21.3 Å². The van der Waals surface area contributed by atoms with Crippen LogP contribution in [0.15, 0.2) is 28.7 Å². The Morgan fingerprint density at radius 3 is 2.50 bits per heavy atom. The number of benzene rings is 1. The highest BCUT2D eigenvalue weighted by Crippen LogP contribution is 2.42. The lowest BCUT2D eigenvalue weighted by molar-refractivity contribution is 0.0388. The Kier molecular flexibility index (Phi) is 3.17. The van der Waals surface area contributed by atoms with Crippen molar-refractivity contribution in [3.8, 4) is 0 Å². The molecule has 1 heterocycles. The molecule has 0 spiro atoms. The standard InChI is InChI=1S/C14H17NO4S/c1-5-9-6-11-12(7-10(9)13(15)16)20(17,18)8(2)19-14(11,3)4/h6-7H,2,5H2,1,3-4H3,(H2,15,16). The lowest BCUT2D eigenvalue weighted by Crippen LogP contribution is -2.32. The van der Waals surface area contributed by atoms with Gasteiger partial charge in [0.2, 0.25) is 20.8 Å². The van der Waals surface area contributed by atoms with Crippen LogP contribution < -0.4 is 5.73 Å². The molecular formula is C14H17NO4S. The number of amides is 1. The second kappa shape index (κ2) is 4.34. The number of ether oxygens (including phenoxy) is 1. The van der Waals surface area contributed by atoms with Crippen LogP contribution in [0, 0.1) is 0 Å². The fourth-order valence-corrected chi connectivity index (χ4v) is 3.79. The maximum Gasteiger partial charge on any atom is 0.249 e. The zero-order valence-corrected chi connectivity index (χ0v) is 12.5. The molecule has 1 amide bonds. The summed E-state index contributed by atoms with van der Waals surface area (Å²) in [6, 6.07) is 3.01. The number of nitrogens with two attached hydrogens (primary N) is 1. The van der Waals surface area contributed by atoms with Crippen LogP contribution in [0.2, 0.25) is 0 Å². The van der Waals surface area contributed by atoms with Crippen LogP contribution in [0.3, 0.4) is 0 Å². The summed E-state index contributed by atoms with van der Waals surface area (Å²) in [6.45, 7) is 8.84. The second-order valence-electron chi connectivity index (χ2n) is 5.21. The number of rotatable bonds is 2. The van der Waals surface area contributed by atoms with Gasteiger partial charge in [0.15, 0.2) is 0 Å². The first-order valence-corrected chi connectivity index (χ1v) is 7.69. The summed E-state index contributed by atoms with van der Waals surface area (Å²) in [6.07, 6.45) is 0.572. The summed E-state index contributed by atoms with van der Waals surface area (Å²) in [7, 11) is -3.80. The van der Waals surface area contributed by atoms with E-state index in [1.54, 1.807) is 19.9 Å². The third-order valence-electron chi connectivity index (χ3n) is 3.46. The van der Waals surface area contributed by atoms with Gasteiger partial charge < -0.3 is 10.5 Å². The topological polar surface area (TPSA) is 86.5 Å². The Bertz CT molecular complexity index is 717. The lowest BCUT2D eigenvalue weighted by Gasteiger charge is -2.34. The zero-order chi connectivity index (χ0) is 15.3. The molecule has 1 aromatic carbocycles. The quantitative estimate of drug-likeness (QED) is 0.902. The first kappa shape index (κ1) is 14.6. The molecule has 0 saturated heterocycles. The Morgan fingerprint density at radius 1 is 1.40 bits per heavy atom. The van der Waals surface area contributed by atoms with Crippen LogP contribution in [0.5, 0.6) is 0 Å². The molecule has 20 heavy (non-hydrogen) atoms. The van der Waals surface area contributed by atoms with Crippen LogP contribution in [0.1, 0.15) is 42.3 Å². The largest absolute Gasteiger partial charge is 0.472 e. The number of aryl methyl sites for hydroxylation is 1. The molecule has 0 aromatic heterocycles. The van der Waals surface area contributed by atoms with Gasteiger partial charge in [0, 0.05) is 11.1 Å². The van der Waals surface area contributed by atoms with E-state index in [1.807, 2.05) is 6.92 Å². The van der Waals surface area contributed by atoms with Gasteiger partial charge in [0.25, 0.3) is 0 Å². The molecule has 0 atom stereocenters. The van der Waals surface area contributed by atoms with E-state index in [9.17, 15) is 13.2 Å². The van der Waals surface area contributed by atoms with Crippen molar-refractivity contribution in [1.29, 1.82) is 0 Å². The maximum absolute atomic E-state index is 12.3. The van der Waals surface area contributed by atoms with Gasteiger partial charge in [0.05, 0.1) is 4.90 Å². The maximum atomic E-state index is 12.3. The molecule has 0 radical (unpaired) electrons. The minimum absolute atomic E-state index is 0.0461. The number of hydrogen-bond donors (Lipinski definition) is 1. The van der Waals surface area contributed by atoms with Crippen molar-refractivity contribution >= 4 is 15.7 Å². The highest BCUT2D eigenvalue weighted by Gasteiger charge is 2.40. The summed E-state index contributed by atoms with van der Waals surface area (Å²) < 4.78 is 30.0. The van der Waals surface area contributed by atoms with Gasteiger partial charge >= 0.3 is 0 Å². The summed E-state index contributed by atoms with van der Waals surface area (Å²) in [4.78, 5) is 11.5. The van der Waals surface area contributed by atoms with Gasteiger partial charge in [-0.15, -0.1) is 0 Å². The van der Waals surface area contributed by atoms with Crippen molar-refractivity contribution in [3.05, 3.63) is 40.5 Å². The molecule has 0 saturated carbocycles. The number of carbonyl (C=O) groups is 1. The lowest BCUT2D eigenvalue weighted by atomic mass is 9.92. The van der Waals surface area contributed by atoms with Gasteiger partial charge in [-0.2, -0.15) is 0 Å². The van der Waals surface area contributed by atoms with Crippen molar-refractivity contribution in [2.24, 2.45) is 5.73 Å². The number of carbonyl (C=O) groups excluding carboxylic acids is 1. The zero-order valence-electron chi connectivity index (χ0n) is 11.7. The molecular weight excluding hydrogens is 278 g/mol. The Labute approximate surface area is 118 Å². The van der Waals surface area contributed by atoms with E-state index in [1.165, 1.54) is 6.07 Å². The molecule has 6 heteroatoms. The van der Waals surface area contributed by atoms with E-state index in [2.05, 4.69) is 6.58 Å². The molecule has 2 rings (SSSR count). The molecule has 1 aromatic rings. The minimum atomic E-state index is -3.80. The van der Waals surface area contributed by atoms with Gasteiger partial charge in [-0.1, -0.05) is 6.92 Å². The molecule has 0 aliphatic carbocycles. The summed E-state index contributed by atoms with van der Waals surface area (Å²) in [5, 5.41) is -0.310. The predicted octanol–water partition coefficient (Wildman–Crippen LogP) is 1.86. The number of hydrogen-bond acceptors (Lipinski definition) is 4. The average Bonchev–Trinajstić information content (AvgIpc) is 2.34. The first-order valence-electron chi connectivity index (χ1n) is 6.21. The summed E-state index contributed by atoms with van der Waals surface area (Å²) in [5.74, 6) is -0.644. The van der Waals surface area contributed by atoms with Crippen molar-refractivity contribution in [3.63, 3.8) is 0 Å². The fourth-order valence-electron chi connectivity index (χ4n) is 2.36. The Balaban J connectivity index is 2.88. The molecule has 1 aliphatic heterocycles. The predicted molar refractivity (Wildman–Crippen MR) is 74.8 cm³/mol. The number of primary amides is 1. The van der Waals surface area contributed by atoms with E-state index in [-0.39, 0.29) is 15.6 Å². The molecule has 0 bridgehead atoms. The molecule has 2 N–H and O–H groups in total. The van der Waals surface area contributed by atoms with Crippen molar-refractivity contribution in [2.45, 2.75) is 37.7 Å². The van der Waals surface area contributed by atoms with E-state index in [0.29, 0.717) is 17.5 Å². The van der Waals surface area contributed by atoms with Crippen molar-refractivity contribution < 1.29 is 17.9 Å². The molecule has 108 valence electrons. The molecule has 1 aliphatic rings.